The molecule has 1 unspecified atom stereocenters. The summed E-state index contributed by atoms with van der Waals surface area (Å²) in [7, 11) is 0. The van der Waals surface area contributed by atoms with Gasteiger partial charge < -0.3 is 5.32 Å². The average Bonchev–Trinajstić information content (AvgIpc) is 2.90. The van der Waals surface area contributed by atoms with E-state index in [9.17, 15) is 0 Å². The Morgan fingerprint density at radius 2 is 1.86 bits per heavy atom. The van der Waals surface area contributed by atoms with E-state index in [0.717, 1.165) is 13.0 Å². The van der Waals surface area contributed by atoms with Crippen LogP contribution in [0.15, 0.2) is 35.7 Å². The minimum atomic E-state index is 0.426. The van der Waals surface area contributed by atoms with Crippen molar-refractivity contribution in [2.45, 2.75) is 45.6 Å². The fourth-order valence-corrected chi connectivity index (χ4v) is 3.83. The van der Waals surface area contributed by atoms with Gasteiger partial charge in [-0.05, 0) is 76.0 Å². The van der Waals surface area contributed by atoms with Crippen LogP contribution >= 0.6 is 33.9 Å². The summed E-state index contributed by atoms with van der Waals surface area (Å²) < 4.78 is 1.36. The van der Waals surface area contributed by atoms with E-state index in [1.54, 1.807) is 0 Å². The van der Waals surface area contributed by atoms with Gasteiger partial charge in [0.2, 0.25) is 0 Å². The third-order valence-corrected chi connectivity index (χ3v) is 5.52. The molecular formula is C18H24INS. The van der Waals surface area contributed by atoms with Gasteiger partial charge in [0.15, 0.2) is 0 Å². The first kappa shape index (κ1) is 17.0. The fourth-order valence-electron chi connectivity index (χ4n) is 2.41. The maximum atomic E-state index is 3.69. The van der Waals surface area contributed by atoms with Crippen LogP contribution < -0.4 is 5.32 Å². The normalized spacial score (nSPS) is 12.8. The molecule has 0 spiro atoms. The molecule has 2 aromatic rings. The highest BCUT2D eigenvalue weighted by atomic mass is 127. The molecule has 0 aliphatic rings. The first-order chi connectivity index (χ1) is 10.1. The van der Waals surface area contributed by atoms with Gasteiger partial charge in [-0.2, -0.15) is 0 Å². The molecule has 114 valence electrons. The topological polar surface area (TPSA) is 12.0 Å². The van der Waals surface area contributed by atoms with E-state index < -0.39 is 0 Å². The molecule has 0 aliphatic heterocycles. The standard InChI is InChI=1S/C18H24INS/c1-4-9-20-17(16-11-18(19)21-12-16)10-14-5-7-15(8-6-14)13(2)3/h5-8,11-13,17,20H,4,9-10H2,1-3H3. The summed E-state index contributed by atoms with van der Waals surface area (Å²) in [5.41, 5.74) is 4.25. The quantitative estimate of drug-likeness (QED) is 0.569. The fraction of sp³-hybridized carbons (Fsp3) is 0.444. The lowest BCUT2D eigenvalue weighted by Crippen LogP contribution is -2.23. The smallest absolute Gasteiger partial charge is 0.0656 e. The Bertz CT molecular complexity index is 545. The number of rotatable bonds is 7. The van der Waals surface area contributed by atoms with Crippen molar-refractivity contribution in [3.63, 3.8) is 0 Å². The predicted octanol–water partition coefficient (Wildman–Crippen LogP) is 5.76. The van der Waals surface area contributed by atoms with Gasteiger partial charge in [-0.1, -0.05) is 45.0 Å². The maximum Gasteiger partial charge on any atom is 0.0656 e. The van der Waals surface area contributed by atoms with Crippen LogP contribution in [0.5, 0.6) is 0 Å². The number of nitrogens with one attached hydrogen (secondary N) is 1. The largest absolute Gasteiger partial charge is 0.310 e. The molecule has 1 N–H and O–H groups in total. The van der Waals surface area contributed by atoms with Gasteiger partial charge in [-0.25, -0.2) is 0 Å². The molecule has 0 saturated heterocycles. The summed E-state index contributed by atoms with van der Waals surface area (Å²) in [4.78, 5) is 0. The molecule has 1 aromatic heterocycles. The Morgan fingerprint density at radius 3 is 2.38 bits per heavy atom. The van der Waals surface area contributed by atoms with Crippen molar-refractivity contribution in [1.82, 2.24) is 5.32 Å². The molecule has 1 nitrogen and oxygen atoms in total. The summed E-state index contributed by atoms with van der Waals surface area (Å²) in [6, 6.07) is 11.8. The van der Waals surface area contributed by atoms with Crippen LogP contribution in [0.25, 0.3) is 0 Å². The number of hydrogen-bond acceptors (Lipinski definition) is 2. The van der Waals surface area contributed by atoms with Gasteiger partial charge >= 0.3 is 0 Å². The Labute approximate surface area is 146 Å². The van der Waals surface area contributed by atoms with Crippen LogP contribution in [0.1, 0.15) is 55.8 Å². The molecule has 0 amide bonds. The Balaban J connectivity index is 2.10. The second-order valence-electron chi connectivity index (χ2n) is 5.79. The SMILES string of the molecule is CCCNC(Cc1ccc(C(C)C)cc1)c1csc(I)c1. The van der Waals surface area contributed by atoms with Crippen LogP contribution in [-0.4, -0.2) is 6.54 Å². The number of hydrogen-bond donors (Lipinski definition) is 1. The summed E-state index contributed by atoms with van der Waals surface area (Å²) in [5, 5.41) is 5.98. The van der Waals surface area contributed by atoms with Crippen LogP contribution in [0.2, 0.25) is 0 Å². The zero-order chi connectivity index (χ0) is 15.2. The second-order valence-corrected chi connectivity index (χ2v) is 8.60. The van der Waals surface area contributed by atoms with Crippen molar-refractivity contribution in [1.29, 1.82) is 0 Å². The molecule has 0 fully saturated rings. The zero-order valence-corrected chi connectivity index (χ0v) is 16.0. The lowest BCUT2D eigenvalue weighted by atomic mass is 9.97. The summed E-state index contributed by atoms with van der Waals surface area (Å²) in [5.74, 6) is 0.603. The van der Waals surface area contributed by atoms with Crippen LogP contribution in [0.3, 0.4) is 0 Å². The Hall–Kier alpha value is -0.390. The molecule has 3 heteroatoms. The monoisotopic (exact) mass is 413 g/mol. The lowest BCUT2D eigenvalue weighted by Gasteiger charge is -2.18. The predicted molar refractivity (Wildman–Crippen MR) is 102 cm³/mol. The average molecular weight is 413 g/mol. The first-order valence-electron chi connectivity index (χ1n) is 7.66. The highest BCUT2D eigenvalue weighted by molar-refractivity contribution is 14.1. The van der Waals surface area contributed by atoms with E-state index in [0.29, 0.717) is 12.0 Å². The van der Waals surface area contributed by atoms with Crippen molar-refractivity contribution in [3.8, 4) is 0 Å². The summed E-state index contributed by atoms with van der Waals surface area (Å²) in [6.45, 7) is 7.78. The zero-order valence-electron chi connectivity index (χ0n) is 13.0. The molecule has 0 aliphatic carbocycles. The van der Waals surface area contributed by atoms with Gasteiger partial charge in [0.25, 0.3) is 0 Å². The molecule has 1 heterocycles. The highest BCUT2D eigenvalue weighted by Crippen LogP contribution is 2.26. The minimum absolute atomic E-state index is 0.426. The number of thiophene rings is 1. The van der Waals surface area contributed by atoms with E-state index in [4.69, 9.17) is 0 Å². The molecule has 0 bridgehead atoms. The summed E-state index contributed by atoms with van der Waals surface area (Å²) in [6.07, 6.45) is 2.23. The molecule has 0 radical (unpaired) electrons. The molecule has 21 heavy (non-hydrogen) atoms. The molecule has 0 saturated carbocycles. The van der Waals surface area contributed by atoms with E-state index in [1.807, 2.05) is 11.3 Å². The molecule has 2 rings (SSSR count). The van der Waals surface area contributed by atoms with Crippen molar-refractivity contribution in [3.05, 3.63) is 55.3 Å². The van der Waals surface area contributed by atoms with Gasteiger partial charge in [-0.15, -0.1) is 11.3 Å². The lowest BCUT2D eigenvalue weighted by molar-refractivity contribution is 0.530. The highest BCUT2D eigenvalue weighted by Gasteiger charge is 2.13. The van der Waals surface area contributed by atoms with E-state index in [2.05, 4.69) is 84.4 Å². The maximum absolute atomic E-state index is 3.69. The van der Waals surface area contributed by atoms with Crippen LogP contribution in [0, 0.1) is 2.88 Å². The van der Waals surface area contributed by atoms with Crippen LogP contribution in [-0.2, 0) is 6.42 Å². The number of benzene rings is 1. The Morgan fingerprint density at radius 1 is 1.14 bits per heavy atom. The second kappa shape index (κ2) is 8.30. The van der Waals surface area contributed by atoms with E-state index in [1.165, 1.54) is 26.0 Å². The van der Waals surface area contributed by atoms with E-state index >= 15 is 0 Å². The van der Waals surface area contributed by atoms with E-state index in [-0.39, 0.29) is 0 Å². The van der Waals surface area contributed by atoms with Crippen molar-refractivity contribution >= 4 is 33.9 Å². The van der Waals surface area contributed by atoms with Gasteiger partial charge in [0.1, 0.15) is 0 Å². The molecule has 1 aromatic carbocycles. The van der Waals surface area contributed by atoms with Crippen molar-refractivity contribution in [2.24, 2.45) is 0 Å². The molecule has 1 atom stereocenters. The van der Waals surface area contributed by atoms with Gasteiger partial charge in [-0.3, -0.25) is 0 Å². The molecular weight excluding hydrogens is 389 g/mol. The third kappa shape index (κ3) is 5.08. The van der Waals surface area contributed by atoms with Gasteiger partial charge in [0.05, 0.1) is 2.88 Å². The minimum Gasteiger partial charge on any atom is -0.310 e. The number of halogens is 1. The summed E-state index contributed by atoms with van der Waals surface area (Å²) >= 11 is 4.23. The first-order valence-corrected chi connectivity index (χ1v) is 9.62. The van der Waals surface area contributed by atoms with Gasteiger partial charge in [0, 0.05) is 6.04 Å². The van der Waals surface area contributed by atoms with Crippen LogP contribution in [0.4, 0.5) is 0 Å². The van der Waals surface area contributed by atoms with Crippen molar-refractivity contribution < 1.29 is 0 Å². The van der Waals surface area contributed by atoms with Crippen molar-refractivity contribution in [2.75, 3.05) is 6.54 Å². The Kier molecular flexibility index (Phi) is 6.71. The third-order valence-electron chi connectivity index (χ3n) is 3.72.